The quantitative estimate of drug-likeness (QED) is 0.314. The predicted octanol–water partition coefficient (Wildman–Crippen LogP) is 6.89. The molecule has 0 bridgehead atoms. The molecular formula is C30H30N2O3. The van der Waals surface area contributed by atoms with E-state index in [4.69, 9.17) is 9.72 Å². The van der Waals surface area contributed by atoms with E-state index >= 15 is 0 Å². The van der Waals surface area contributed by atoms with Crippen molar-refractivity contribution in [3.05, 3.63) is 94.5 Å². The zero-order valence-corrected chi connectivity index (χ0v) is 20.8. The number of anilines is 1. The lowest BCUT2D eigenvalue weighted by atomic mass is 9.94. The lowest BCUT2D eigenvalue weighted by molar-refractivity contribution is 0.0459. The number of carbonyl (C=O) groups excluding carboxylic acids is 2. The van der Waals surface area contributed by atoms with Crippen molar-refractivity contribution in [3.63, 3.8) is 0 Å². The van der Waals surface area contributed by atoms with Gasteiger partial charge in [0.05, 0.1) is 28.9 Å². The highest BCUT2D eigenvalue weighted by Gasteiger charge is 2.20. The smallest absolute Gasteiger partial charge is 0.338 e. The van der Waals surface area contributed by atoms with Crippen LogP contribution in [-0.2, 0) is 4.74 Å². The van der Waals surface area contributed by atoms with Crippen molar-refractivity contribution in [2.45, 2.75) is 34.6 Å². The van der Waals surface area contributed by atoms with Crippen LogP contribution in [0.15, 0.2) is 66.7 Å². The van der Waals surface area contributed by atoms with Crippen LogP contribution in [0.5, 0.6) is 0 Å². The number of fused-ring (bicyclic) bond motifs is 1. The summed E-state index contributed by atoms with van der Waals surface area (Å²) in [5, 5.41) is 3.83. The minimum atomic E-state index is -0.369. The standard InChI is InChI=1S/C30H30N2O3/c1-18(2)17-35-30(34)23-11-13-24(14-12-23)31-29(33)26-21(5)28(22-9-7-6-8-10-22)32-27-20(4)15-19(3)16-25(26)27/h6-16,18H,17H2,1-5H3,(H,31,33). The van der Waals surface area contributed by atoms with Gasteiger partial charge in [0.2, 0.25) is 0 Å². The maximum Gasteiger partial charge on any atom is 0.338 e. The first kappa shape index (κ1) is 24.1. The molecule has 3 aromatic carbocycles. The van der Waals surface area contributed by atoms with Crippen LogP contribution in [-0.4, -0.2) is 23.5 Å². The molecule has 4 aromatic rings. The molecule has 1 aromatic heterocycles. The first-order chi connectivity index (χ1) is 16.7. The molecule has 0 radical (unpaired) electrons. The van der Waals surface area contributed by atoms with E-state index in [0.29, 0.717) is 23.4 Å². The molecule has 178 valence electrons. The highest BCUT2D eigenvalue weighted by atomic mass is 16.5. The van der Waals surface area contributed by atoms with Crippen molar-refractivity contribution in [1.29, 1.82) is 0 Å². The lowest BCUT2D eigenvalue weighted by Crippen LogP contribution is -2.16. The fraction of sp³-hybridized carbons (Fsp3) is 0.233. The van der Waals surface area contributed by atoms with Crippen LogP contribution in [0.1, 0.15) is 51.3 Å². The molecule has 0 spiro atoms. The van der Waals surface area contributed by atoms with Crippen molar-refractivity contribution in [3.8, 4) is 11.3 Å². The molecule has 0 atom stereocenters. The van der Waals surface area contributed by atoms with E-state index in [2.05, 4.69) is 11.4 Å². The molecule has 1 N–H and O–H groups in total. The van der Waals surface area contributed by atoms with E-state index in [1.807, 2.05) is 71.0 Å². The lowest BCUT2D eigenvalue weighted by Gasteiger charge is -2.17. The van der Waals surface area contributed by atoms with E-state index in [9.17, 15) is 9.59 Å². The summed E-state index contributed by atoms with van der Waals surface area (Å²) in [5.74, 6) is -0.317. The van der Waals surface area contributed by atoms with Gasteiger partial charge in [-0.05, 0) is 68.1 Å². The largest absolute Gasteiger partial charge is 0.462 e. The second kappa shape index (κ2) is 10.1. The summed E-state index contributed by atoms with van der Waals surface area (Å²) in [4.78, 5) is 30.8. The number of aryl methyl sites for hydroxylation is 2. The summed E-state index contributed by atoms with van der Waals surface area (Å²) in [5.41, 5.74) is 7.13. The van der Waals surface area contributed by atoms with Gasteiger partial charge in [-0.3, -0.25) is 4.79 Å². The molecule has 0 aliphatic carbocycles. The Balaban J connectivity index is 1.71. The number of rotatable bonds is 6. The summed E-state index contributed by atoms with van der Waals surface area (Å²) < 4.78 is 5.29. The van der Waals surface area contributed by atoms with Gasteiger partial charge in [-0.2, -0.15) is 0 Å². The van der Waals surface area contributed by atoms with E-state index in [1.54, 1.807) is 24.3 Å². The Labute approximate surface area is 206 Å². The third kappa shape index (κ3) is 5.24. The maximum atomic E-state index is 13.6. The second-order valence-electron chi connectivity index (χ2n) is 9.33. The van der Waals surface area contributed by atoms with Gasteiger partial charge in [-0.25, -0.2) is 9.78 Å². The Kier molecular flexibility index (Phi) is 6.97. The SMILES string of the molecule is Cc1cc(C)c2nc(-c3ccccc3)c(C)c(C(=O)Nc3ccc(C(=O)OCC(C)C)cc3)c2c1. The highest BCUT2D eigenvalue weighted by Crippen LogP contribution is 2.32. The molecule has 5 heteroatoms. The predicted molar refractivity (Wildman–Crippen MR) is 141 cm³/mol. The number of nitrogens with zero attached hydrogens (tertiary/aromatic N) is 1. The summed E-state index contributed by atoms with van der Waals surface area (Å²) >= 11 is 0. The monoisotopic (exact) mass is 466 g/mol. The number of nitrogens with one attached hydrogen (secondary N) is 1. The van der Waals surface area contributed by atoms with E-state index in [0.717, 1.165) is 38.9 Å². The van der Waals surface area contributed by atoms with Crippen molar-refractivity contribution in [2.75, 3.05) is 11.9 Å². The van der Waals surface area contributed by atoms with E-state index in [1.165, 1.54) is 0 Å². The molecule has 1 heterocycles. The van der Waals surface area contributed by atoms with Crippen LogP contribution in [0.2, 0.25) is 0 Å². The number of benzene rings is 3. The Morgan fingerprint density at radius 1 is 0.943 bits per heavy atom. The topological polar surface area (TPSA) is 68.3 Å². The number of amides is 1. The summed E-state index contributed by atoms with van der Waals surface area (Å²) in [6, 6.07) is 20.8. The fourth-order valence-electron chi connectivity index (χ4n) is 4.19. The third-order valence-corrected chi connectivity index (χ3v) is 5.87. The Morgan fingerprint density at radius 2 is 1.63 bits per heavy atom. The Hall–Kier alpha value is -3.99. The van der Waals surface area contributed by atoms with Crippen molar-refractivity contribution in [2.24, 2.45) is 5.92 Å². The van der Waals surface area contributed by atoms with Gasteiger partial charge in [0.25, 0.3) is 5.91 Å². The minimum absolute atomic E-state index is 0.216. The first-order valence-electron chi connectivity index (χ1n) is 11.8. The summed E-state index contributed by atoms with van der Waals surface area (Å²) in [6.45, 7) is 10.3. The zero-order chi connectivity index (χ0) is 25.1. The molecule has 1 amide bonds. The first-order valence-corrected chi connectivity index (χ1v) is 11.8. The van der Waals surface area contributed by atoms with Gasteiger partial charge in [-0.15, -0.1) is 0 Å². The summed E-state index contributed by atoms with van der Waals surface area (Å²) in [7, 11) is 0. The maximum absolute atomic E-state index is 13.6. The van der Waals surface area contributed by atoms with Gasteiger partial charge >= 0.3 is 5.97 Å². The van der Waals surface area contributed by atoms with Gasteiger partial charge in [0.1, 0.15) is 0 Å². The molecule has 0 saturated heterocycles. The third-order valence-electron chi connectivity index (χ3n) is 5.87. The van der Waals surface area contributed by atoms with Crippen LogP contribution in [0.3, 0.4) is 0 Å². The normalized spacial score (nSPS) is 11.0. The molecule has 0 unspecified atom stereocenters. The molecule has 0 aliphatic rings. The Bertz CT molecular complexity index is 1390. The van der Waals surface area contributed by atoms with Crippen LogP contribution < -0.4 is 5.32 Å². The number of esters is 1. The molecule has 0 aliphatic heterocycles. The fourth-order valence-corrected chi connectivity index (χ4v) is 4.19. The minimum Gasteiger partial charge on any atom is -0.462 e. The average molecular weight is 467 g/mol. The van der Waals surface area contributed by atoms with Crippen molar-refractivity contribution < 1.29 is 14.3 Å². The van der Waals surface area contributed by atoms with Gasteiger partial charge in [0.15, 0.2) is 0 Å². The van der Waals surface area contributed by atoms with E-state index < -0.39 is 0 Å². The van der Waals surface area contributed by atoms with Crippen molar-refractivity contribution in [1.82, 2.24) is 4.98 Å². The van der Waals surface area contributed by atoms with Crippen LogP contribution >= 0.6 is 0 Å². The van der Waals surface area contributed by atoms with Crippen LogP contribution in [0.25, 0.3) is 22.2 Å². The van der Waals surface area contributed by atoms with Crippen LogP contribution in [0, 0.1) is 26.7 Å². The summed E-state index contributed by atoms with van der Waals surface area (Å²) in [6.07, 6.45) is 0. The molecule has 0 fully saturated rings. The number of hydrogen-bond acceptors (Lipinski definition) is 4. The number of hydrogen-bond donors (Lipinski definition) is 1. The van der Waals surface area contributed by atoms with Gasteiger partial charge in [-0.1, -0.05) is 55.8 Å². The molecule has 4 rings (SSSR count). The molecule has 0 saturated carbocycles. The Morgan fingerprint density at radius 3 is 2.29 bits per heavy atom. The second-order valence-corrected chi connectivity index (χ2v) is 9.33. The molecule has 35 heavy (non-hydrogen) atoms. The number of pyridine rings is 1. The van der Waals surface area contributed by atoms with Crippen molar-refractivity contribution >= 4 is 28.5 Å². The molecule has 5 nitrogen and oxygen atoms in total. The van der Waals surface area contributed by atoms with Gasteiger partial charge in [0, 0.05) is 16.6 Å². The zero-order valence-electron chi connectivity index (χ0n) is 20.8. The number of carbonyl (C=O) groups is 2. The number of ether oxygens (including phenoxy) is 1. The molecular weight excluding hydrogens is 436 g/mol. The average Bonchev–Trinajstić information content (AvgIpc) is 2.83. The van der Waals surface area contributed by atoms with Gasteiger partial charge < -0.3 is 10.1 Å². The van der Waals surface area contributed by atoms with E-state index in [-0.39, 0.29) is 17.8 Å². The number of aromatic nitrogens is 1. The highest BCUT2D eigenvalue weighted by molar-refractivity contribution is 6.15. The van der Waals surface area contributed by atoms with Crippen LogP contribution in [0.4, 0.5) is 5.69 Å².